The van der Waals surface area contributed by atoms with Gasteiger partial charge in [-0.15, -0.1) is 0 Å². The lowest BCUT2D eigenvalue weighted by atomic mass is 9.47. The Bertz CT molecular complexity index is 986. The second-order valence-electron chi connectivity index (χ2n) is 17.5. The first-order valence-electron chi connectivity index (χ1n) is 19.3. The number of unbranched alkanes of at least 4 members (excludes halogenated alkanes) is 1. The van der Waals surface area contributed by atoms with Crippen molar-refractivity contribution in [2.75, 3.05) is 7.11 Å². The molecule has 17 unspecified atom stereocenters. The molecule has 266 valence electrons. The molecule has 6 aliphatic rings. The average molecular weight is 651 g/mol. The van der Waals surface area contributed by atoms with Crippen molar-refractivity contribution in [3.05, 3.63) is 0 Å². The van der Waals surface area contributed by atoms with Crippen molar-refractivity contribution in [1.82, 2.24) is 0 Å². The molecule has 0 spiro atoms. The van der Waals surface area contributed by atoms with E-state index in [2.05, 4.69) is 6.92 Å². The molecule has 6 rings (SSSR count). The fourth-order valence-corrected chi connectivity index (χ4v) is 12.5. The normalized spacial score (nSPS) is 53.5. The van der Waals surface area contributed by atoms with Crippen LogP contribution >= 0.6 is 0 Å². The zero-order chi connectivity index (χ0) is 32.9. The SMILES string of the molecule is COC1CCC(CCCCC2CCC(C)CC2)CC1C1CCC(O)C2C(O)C3C(CC12)CC1CC(O)C(C(C)O)C(O)C1(O)C3O. The molecular formula is C38H66O8. The highest BCUT2D eigenvalue weighted by atomic mass is 16.5. The van der Waals surface area contributed by atoms with Crippen LogP contribution in [0.25, 0.3) is 0 Å². The van der Waals surface area contributed by atoms with Crippen LogP contribution in [0.15, 0.2) is 0 Å². The summed E-state index contributed by atoms with van der Waals surface area (Å²) in [4.78, 5) is 0. The van der Waals surface area contributed by atoms with E-state index in [1.54, 1.807) is 0 Å². The first-order valence-corrected chi connectivity index (χ1v) is 19.3. The second kappa shape index (κ2) is 14.5. The summed E-state index contributed by atoms with van der Waals surface area (Å²) in [5, 5.41) is 79.4. The molecule has 7 N–H and O–H groups in total. The van der Waals surface area contributed by atoms with Gasteiger partial charge < -0.3 is 40.5 Å². The summed E-state index contributed by atoms with van der Waals surface area (Å²) in [7, 11) is 1.84. The molecule has 0 radical (unpaired) electrons. The van der Waals surface area contributed by atoms with E-state index < -0.39 is 65.9 Å². The lowest BCUT2D eigenvalue weighted by Gasteiger charge is -2.63. The Labute approximate surface area is 277 Å². The Morgan fingerprint density at radius 2 is 1.37 bits per heavy atom. The summed E-state index contributed by atoms with van der Waals surface area (Å²) >= 11 is 0. The van der Waals surface area contributed by atoms with Crippen LogP contribution in [0.3, 0.4) is 0 Å². The van der Waals surface area contributed by atoms with Gasteiger partial charge in [0.05, 0.1) is 42.7 Å². The smallest absolute Gasteiger partial charge is 0.120 e. The van der Waals surface area contributed by atoms with Crippen LogP contribution in [0.2, 0.25) is 0 Å². The van der Waals surface area contributed by atoms with Crippen LogP contribution < -0.4 is 0 Å². The highest BCUT2D eigenvalue weighted by molar-refractivity contribution is 5.16. The van der Waals surface area contributed by atoms with Crippen molar-refractivity contribution in [3.63, 3.8) is 0 Å². The van der Waals surface area contributed by atoms with Crippen LogP contribution in [0, 0.1) is 65.1 Å². The fourth-order valence-electron chi connectivity index (χ4n) is 12.5. The topological polar surface area (TPSA) is 151 Å². The van der Waals surface area contributed by atoms with E-state index in [1.165, 1.54) is 64.7 Å². The largest absolute Gasteiger partial charge is 0.393 e. The molecule has 0 aromatic carbocycles. The molecule has 8 heteroatoms. The summed E-state index contributed by atoms with van der Waals surface area (Å²) in [5.41, 5.74) is -1.93. The van der Waals surface area contributed by atoms with Crippen LogP contribution in [-0.2, 0) is 4.74 Å². The maximum absolute atomic E-state index is 12.0. The zero-order valence-electron chi connectivity index (χ0n) is 28.7. The Kier molecular flexibility index (Phi) is 11.2. The highest BCUT2D eigenvalue weighted by Gasteiger charge is 2.67. The van der Waals surface area contributed by atoms with Gasteiger partial charge in [-0.05, 0) is 106 Å². The Morgan fingerprint density at radius 1 is 0.696 bits per heavy atom. The van der Waals surface area contributed by atoms with Crippen molar-refractivity contribution in [1.29, 1.82) is 0 Å². The van der Waals surface area contributed by atoms with Crippen LogP contribution in [0.5, 0.6) is 0 Å². The first kappa shape index (κ1) is 35.5. The standard InChI is InChI=1S/C38H66O8/c1-20-8-10-22(11-9-20)6-4-5-7-23-12-15-31(46-3)27(16-23)26-13-14-29(40)34-28(26)18-24-17-25-19-30(41)32(21(2)39)36(43)38(25,45)37(44)33(24)35(34)42/h20-37,39-45H,4-19H2,1-3H3. The highest BCUT2D eigenvalue weighted by Crippen LogP contribution is 2.60. The van der Waals surface area contributed by atoms with Crippen LogP contribution in [-0.4, -0.2) is 91.2 Å². The molecule has 8 nitrogen and oxygen atoms in total. The minimum Gasteiger partial charge on any atom is -0.393 e. The van der Waals surface area contributed by atoms with E-state index in [-0.39, 0.29) is 24.4 Å². The summed E-state index contributed by atoms with van der Waals surface area (Å²) in [6.07, 6.45) is 10.8. The lowest BCUT2D eigenvalue weighted by molar-refractivity contribution is -0.295. The first-order chi connectivity index (χ1) is 21.9. The third kappa shape index (κ3) is 6.50. The maximum Gasteiger partial charge on any atom is 0.120 e. The maximum atomic E-state index is 12.0. The second-order valence-corrected chi connectivity index (χ2v) is 17.5. The number of hydrogen-bond acceptors (Lipinski definition) is 8. The molecule has 0 aliphatic heterocycles. The molecule has 0 aromatic heterocycles. The predicted octanol–water partition coefficient (Wildman–Crippen LogP) is 4.04. The quantitative estimate of drug-likeness (QED) is 0.195. The fraction of sp³-hybridized carbons (Fsp3) is 1.00. The molecule has 6 fully saturated rings. The van der Waals surface area contributed by atoms with Crippen molar-refractivity contribution < 1.29 is 40.5 Å². The predicted molar refractivity (Wildman–Crippen MR) is 175 cm³/mol. The van der Waals surface area contributed by atoms with Gasteiger partial charge >= 0.3 is 0 Å². The van der Waals surface area contributed by atoms with Crippen molar-refractivity contribution in [2.24, 2.45) is 65.1 Å². The number of rotatable bonds is 8. The van der Waals surface area contributed by atoms with E-state index in [4.69, 9.17) is 4.74 Å². The number of ether oxygens (including phenoxy) is 1. The monoisotopic (exact) mass is 650 g/mol. The molecule has 6 saturated carbocycles. The van der Waals surface area contributed by atoms with Gasteiger partial charge in [0.15, 0.2) is 0 Å². The number of aliphatic hydroxyl groups excluding tert-OH is 6. The van der Waals surface area contributed by atoms with Crippen molar-refractivity contribution in [3.8, 4) is 0 Å². The van der Waals surface area contributed by atoms with E-state index in [9.17, 15) is 35.7 Å². The number of fused-ring (bicyclic) bond motifs is 3. The number of methoxy groups -OCH3 is 1. The third-order valence-electron chi connectivity index (χ3n) is 15.0. The Hall–Kier alpha value is -0.320. The van der Waals surface area contributed by atoms with Gasteiger partial charge in [-0.2, -0.15) is 0 Å². The van der Waals surface area contributed by atoms with Crippen molar-refractivity contribution in [2.45, 2.75) is 165 Å². The molecule has 0 aromatic rings. The minimum absolute atomic E-state index is 0.0880. The van der Waals surface area contributed by atoms with Gasteiger partial charge in [0.2, 0.25) is 0 Å². The van der Waals surface area contributed by atoms with Gasteiger partial charge in [-0.3, -0.25) is 0 Å². The lowest BCUT2D eigenvalue weighted by Crippen LogP contribution is -2.73. The van der Waals surface area contributed by atoms with E-state index in [0.717, 1.165) is 37.5 Å². The molecule has 17 atom stereocenters. The van der Waals surface area contributed by atoms with Crippen LogP contribution in [0.4, 0.5) is 0 Å². The van der Waals surface area contributed by atoms with Crippen LogP contribution in [0.1, 0.15) is 117 Å². The number of aliphatic hydroxyl groups is 7. The summed E-state index contributed by atoms with van der Waals surface area (Å²) in [5.74, 6) is 0.626. The molecule has 0 bridgehead atoms. The molecule has 46 heavy (non-hydrogen) atoms. The molecule has 0 saturated heterocycles. The Morgan fingerprint density at radius 3 is 2.04 bits per heavy atom. The summed E-state index contributed by atoms with van der Waals surface area (Å²) in [6.45, 7) is 3.88. The van der Waals surface area contributed by atoms with E-state index >= 15 is 0 Å². The van der Waals surface area contributed by atoms with Gasteiger partial charge in [0.1, 0.15) is 5.60 Å². The van der Waals surface area contributed by atoms with Gasteiger partial charge in [-0.1, -0.05) is 58.3 Å². The Balaban J connectivity index is 1.14. The zero-order valence-corrected chi connectivity index (χ0v) is 28.7. The van der Waals surface area contributed by atoms with Gasteiger partial charge in [-0.25, -0.2) is 0 Å². The van der Waals surface area contributed by atoms with E-state index in [0.29, 0.717) is 30.6 Å². The molecule has 0 amide bonds. The minimum atomic E-state index is -1.93. The summed E-state index contributed by atoms with van der Waals surface area (Å²) in [6, 6.07) is 0. The third-order valence-corrected chi connectivity index (χ3v) is 15.0. The van der Waals surface area contributed by atoms with Gasteiger partial charge in [0.25, 0.3) is 0 Å². The number of hydrogen-bond donors (Lipinski definition) is 7. The molecular weight excluding hydrogens is 584 g/mol. The molecule has 6 aliphatic carbocycles. The average Bonchev–Trinajstić information content (AvgIpc) is 3.02. The molecule has 0 heterocycles. The van der Waals surface area contributed by atoms with Gasteiger partial charge in [0, 0.05) is 24.9 Å². The van der Waals surface area contributed by atoms with Crippen molar-refractivity contribution >= 4 is 0 Å². The van der Waals surface area contributed by atoms with E-state index in [1.807, 2.05) is 7.11 Å². The summed E-state index contributed by atoms with van der Waals surface area (Å²) < 4.78 is 6.14.